The number of hydrogen-bond donors (Lipinski definition) is 0. The molecule has 0 radical (unpaired) electrons. The van der Waals surface area contributed by atoms with Crippen LogP contribution in [-0.4, -0.2) is 7.11 Å². The molecule has 1 nitrogen and oxygen atoms in total. The van der Waals surface area contributed by atoms with Crippen LogP contribution in [0.15, 0.2) is 24.0 Å². The molecule has 0 aliphatic heterocycles. The lowest BCUT2D eigenvalue weighted by Crippen LogP contribution is -1.89. The third-order valence-electron chi connectivity index (χ3n) is 3.67. The van der Waals surface area contributed by atoms with Crippen molar-refractivity contribution in [2.75, 3.05) is 7.11 Å². The van der Waals surface area contributed by atoms with E-state index in [1.54, 1.807) is 0 Å². The molecule has 0 atom stereocenters. The maximum atomic E-state index is 5.45. The van der Waals surface area contributed by atoms with E-state index >= 15 is 0 Å². The molecular formula is C17H30O. The van der Waals surface area contributed by atoms with Crippen LogP contribution >= 0.6 is 0 Å². The van der Waals surface area contributed by atoms with Crippen LogP contribution in [-0.2, 0) is 4.74 Å². The maximum Gasteiger partial charge on any atom is 0.0915 e. The van der Waals surface area contributed by atoms with E-state index in [2.05, 4.69) is 18.2 Å². The molecule has 1 aliphatic rings. The van der Waals surface area contributed by atoms with E-state index in [-0.39, 0.29) is 0 Å². The minimum absolute atomic E-state index is 1.14. The van der Waals surface area contributed by atoms with Gasteiger partial charge in [-0.1, -0.05) is 37.8 Å². The molecule has 0 heterocycles. The molecule has 1 aliphatic carbocycles. The summed E-state index contributed by atoms with van der Waals surface area (Å²) in [6.07, 6.45) is 22.7. The Kier molecular flexibility index (Phi) is 9.69. The van der Waals surface area contributed by atoms with E-state index in [0.717, 1.165) is 6.42 Å². The molecule has 0 N–H and O–H groups in total. The number of hydrogen-bond acceptors (Lipinski definition) is 1. The first-order valence-corrected chi connectivity index (χ1v) is 7.81. The van der Waals surface area contributed by atoms with Gasteiger partial charge in [0.1, 0.15) is 0 Å². The lowest BCUT2D eigenvalue weighted by Gasteiger charge is -2.07. The molecule has 0 spiro atoms. The summed E-state index contributed by atoms with van der Waals surface area (Å²) in [4.78, 5) is 0. The van der Waals surface area contributed by atoms with Crippen LogP contribution in [0.2, 0.25) is 0 Å². The van der Waals surface area contributed by atoms with Crippen LogP contribution < -0.4 is 0 Å². The van der Waals surface area contributed by atoms with Crippen LogP contribution in [0.4, 0.5) is 0 Å². The van der Waals surface area contributed by atoms with Crippen molar-refractivity contribution in [2.24, 2.45) is 0 Å². The quantitative estimate of drug-likeness (QED) is 0.537. The molecule has 18 heavy (non-hydrogen) atoms. The van der Waals surface area contributed by atoms with Crippen molar-refractivity contribution >= 4 is 0 Å². The van der Waals surface area contributed by atoms with E-state index in [1.807, 2.05) is 7.11 Å². The fourth-order valence-corrected chi connectivity index (χ4v) is 2.46. The first-order valence-electron chi connectivity index (χ1n) is 7.81. The van der Waals surface area contributed by atoms with Crippen LogP contribution in [0.3, 0.4) is 0 Å². The third-order valence-corrected chi connectivity index (χ3v) is 3.67. The highest BCUT2D eigenvalue weighted by atomic mass is 16.5. The molecule has 0 saturated heterocycles. The standard InChI is InChI=1S/C17H30O/c1-18-17-15-13-11-9-7-5-3-2-4-6-8-10-12-14-16-17/h2-3,15H,4-14,16H2,1H3/b3-2+,17-15-. The Morgan fingerprint density at radius 1 is 0.722 bits per heavy atom. The largest absolute Gasteiger partial charge is 0.501 e. The van der Waals surface area contributed by atoms with Crippen molar-refractivity contribution in [2.45, 2.75) is 77.0 Å². The van der Waals surface area contributed by atoms with Crippen LogP contribution in [0, 0.1) is 0 Å². The van der Waals surface area contributed by atoms with Gasteiger partial charge in [-0.3, -0.25) is 0 Å². The van der Waals surface area contributed by atoms with Gasteiger partial charge in [-0.25, -0.2) is 0 Å². The zero-order valence-electron chi connectivity index (χ0n) is 12.1. The highest BCUT2D eigenvalue weighted by molar-refractivity contribution is 4.92. The van der Waals surface area contributed by atoms with Gasteiger partial charge in [0, 0.05) is 6.42 Å². The minimum Gasteiger partial charge on any atom is -0.501 e. The SMILES string of the molecule is CO/C1=C\CCCCC/C=C/CCCCCCC1. The number of methoxy groups -OCH3 is 1. The zero-order chi connectivity index (χ0) is 12.9. The molecular weight excluding hydrogens is 220 g/mol. The Hall–Kier alpha value is -0.720. The van der Waals surface area contributed by atoms with Crippen molar-refractivity contribution < 1.29 is 4.74 Å². The van der Waals surface area contributed by atoms with Crippen molar-refractivity contribution in [3.63, 3.8) is 0 Å². The monoisotopic (exact) mass is 250 g/mol. The van der Waals surface area contributed by atoms with Crippen LogP contribution in [0.5, 0.6) is 0 Å². The Morgan fingerprint density at radius 3 is 2.00 bits per heavy atom. The summed E-state index contributed by atoms with van der Waals surface area (Å²) in [5.74, 6) is 1.21. The highest BCUT2D eigenvalue weighted by Crippen LogP contribution is 2.15. The molecule has 0 aromatic rings. The zero-order valence-corrected chi connectivity index (χ0v) is 12.1. The van der Waals surface area contributed by atoms with Gasteiger partial charge in [-0.05, 0) is 51.0 Å². The Bertz CT molecular complexity index is 240. The van der Waals surface area contributed by atoms with Crippen LogP contribution in [0.1, 0.15) is 77.0 Å². The van der Waals surface area contributed by atoms with Crippen molar-refractivity contribution in [3.05, 3.63) is 24.0 Å². The number of ether oxygens (including phenoxy) is 1. The molecule has 1 rings (SSSR count). The summed E-state index contributed by atoms with van der Waals surface area (Å²) in [5.41, 5.74) is 0. The van der Waals surface area contributed by atoms with E-state index in [1.165, 1.54) is 76.4 Å². The third kappa shape index (κ3) is 8.38. The summed E-state index contributed by atoms with van der Waals surface area (Å²) in [6, 6.07) is 0. The van der Waals surface area contributed by atoms with Crippen LogP contribution in [0.25, 0.3) is 0 Å². The summed E-state index contributed by atoms with van der Waals surface area (Å²) in [6.45, 7) is 0. The van der Waals surface area contributed by atoms with E-state index in [4.69, 9.17) is 4.74 Å². The van der Waals surface area contributed by atoms with Crippen molar-refractivity contribution in [3.8, 4) is 0 Å². The van der Waals surface area contributed by atoms with Gasteiger partial charge in [0.15, 0.2) is 0 Å². The Balaban J connectivity index is 2.29. The second kappa shape index (κ2) is 11.4. The van der Waals surface area contributed by atoms with E-state index in [0.29, 0.717) is 0 Å². The average molecular weight is 250 g/mol. The van der Waals surface area contributed by atoms with Gasteiger partial charge in [0.25, 0.3) is 0 Å². The number of allylic oxidation sites excluding steroid dienone is 4. The number of rotatable bonds is 1. The van der Waals surface area contributed by atoms with Gasteiger partial charge in [0.05, 0.1) is 12.9 Å². The maximum absolute atomic E-state index is 5.45. The predicted molar refractivity (Wildman–Crippen MR) is 79.6 cm³/mol. The fourth-order valence-electron chi connectivity index (χ4n) is 2.46. The second-order valence-corrected chi connectivity index (χ2v) is 5.29. The smallest absolute Gasteiger partial charge is 0.0915 e. The molecule has 0 saturated carbocycles. The predicted octanol–water partition coefficient (Wildman–Crippen LogP) is 5.77. The first kappa shape index (κ1) is 15.3. The van der Waals surface area contributed by atoms with Gasteiger partial charge >= 0.3 is 0 Å². The van der Waals surface area contributed by atoms with Crippen molar-refractivity contribution in [1.29, 1.82) is 0 Å². The molecule has 0 aromatic carbocycles. The molecule has 0 bridgehead atoms. The molecule has 0 amide bonds. The Morgan fingerprint density at radius 2 is 1.28 bits per heavy atom. The molecule has 1 heteroatoms. The summed E-state index contributed by atoms with van der Waals surface area (Å²) >= 11 is 0. The Labute approximate surface area is 113 Å². The van der Waals surface area contributed by atoms with Gasteiger partial charge < -0.3 is 4.74 Å². The lowest BCUT2D eigenvalue weighted by molar-refractivity contribution is 0.271. The average Bonchev–Trinajstić information content (AvgIpc) is 2.39. The van der Waals surface area contributed by atoms with E-state index < -0.39 is 0 Å². The second-order valence-electron chi connectivity index (χ2n) is 5.29. The van der Waals surface area contributed by atoms with Gasteiger partial charge in [0.2, 0.25) is 0 Å². The summed E-state index contributed by atoms with van der Waals surface area (Å²) in [5, 5.41) is 0. The normalized spacial score (nSPS) is 25.9. The molecule has 104 valence electrons. The minimum atomic E-state index is 1.14. The highest BCUT2D eigenvalue weighted by Gasteiger charge is 1.98. The lowest BCUT2D eigenvalue weighted by atomic mass is 10.1. The van der Waals surface area contributed by atoms with Gasteiger partial charge in [-0.15, -0.1) is 0 Å². The summed E-state index contributed by atoms with van der Waals surface area (Å²) in [7, 11) is 1.81. The van der Waals surface area contributed by atoms with E-state index in [9.17, 15) is 0 Å². The first-order chi connectivity index (χ1) is 8.93. The topological polar surface area (TPSA) is 9.23 Å². The molecule has 0 aromatic heterocycles. The molecule has 0 unspecified atom stereocenters. The summed E-state index contributed by atoms with van der Waals surface area (Å²) < 4.78 is 5.45. The van der Waals surface area contributed by atoms with Crippen molar-refractivity contribution in [1.82, 2.24) is 0 Å². The van der Waals surface area contributed by atoms with Gasteiger partial charge in [-0.2, -0.15) is 0 Å². The fraction of sp³-hybridized carbons (Fsp3) is 0.765. The molecule has 0 fully saturated rings.